The lowest BCUT2D eigenvalue weighted by molar-refractivity contribution is -0.0479. The molecule has 0 unspecified atom stereocenters. The van der Waals surface area contributed by atoms with E-state index < -0.39 is 0 Å². The second-order valence-corrected chi connectivity index (χ2v) is 4.87. The zero-order valence-corrected chi connectivity index (χ0v) is 9.48. The van der Waals surface area contributed by atoms with Gasteiger partial charge in [-0.05, 0) is 12.3 Å². The summed E-state index contributed by atoms with van der Waals surface area (Å²) < 4.78 is 7.58. The van der Waals surface area contributed by atoms with Crippen molar-refractivity contribution in [3.05, 3.63) is 23.0 Å². The monoisotopic (exact) mass is 248 g/mol. The van der Waals surface area contributed by atoms with Gasteiger partial charge < -0.3 is 14.8 Å². The average Bonchev–Trinajstić information content (AvgIpc) is 2.91. The Balaban J connectivity index is 1.80. The van der Waals surface area contributed by atoms with E-state index in [4.69, 9.17) is 4.74 Å². The number of aromatic nitrogens is 4. The normalized spacial score (nSPS) is 33.8. The smallest absolute Gasteiger partial charge is 0.278 e. The molecule has 1 aliphatic carbocycles. The molecule has 2 aromatic rings. The zero-order valence-electron chi connectivity index (χ0n) is 9.48. The van der Waals surface area contributed by atoms with Crippen LogP contribution in [0.25, 0.3) is 11.2 Å². The van der Waals surface area contributed by atoms with Gasteiger partial charge in [0, 0.05) is 5.92 Å². The molecule has 7 heteroatoms. The summed E-state index contributed by atoms with van der Waals surface area (Å²) in [4.78, 5) is 22.3. The summed E-state index contributed by atoms with van der Waals surface area (Å²) in [6.07, 6.45) is 3.75. The van der Waals surface area contributed by atoms with Crippen LogP contribution in [0.1, 0.15) is 12.6 Å². The third-order valence-electron chi connectivity index (χ3n) is 3.87. The minimum atomic E-state index is -0.247. The van der Waals surface area contributed by atoms with Gasteiger partial charge in [-0.15, -0.1) is 0 Å². The Kier molecular flexibility index (Phi) is 1.93. The number of ether oxygens (including phenoxy) is 1. The second kappa shape index (κ2) is 3.39. The van der Waals surface area contributed by atoms with Gasteiger partial charge in [-0.3, -0.25) is 9.36 Å². The van der Waals surface area contributed by atoms with Crippen molar-refractivity contribution >= 4 is 11.2 Å². The fraction of sp³-hybridized carbons (Fsp3) is 0.545. The highest BCUT2D eigenvalue weighted by Crippen LogP contribution is 2.56. The number of H-pyrrole nitrogens is 1. The summed E-state index contributed by atoms with van der Waals surface area (Å²) in [5.41, 5.74) is 0.613. The average molecular weight is 248 g/mol. The molecule has 2 N–H and O–H groups in total. The van der Waals surface area contributed by atoms with Crippen LogP contribution in [0.3, 0.4) is 0 Å². The molecule has 4 atom stereocenters. The summed E-state index contributed by atoms with van der Waals surface area (Å²) in [6.45, 7) is 0.0400. The SMILES string of the molecule is O=c1[nH]cnc2c1ncn2[C@@H]1O[C@H](CO)[C@@H]2C[C@@H]21. The number of rotatable bonds is 2. The van der Waals surface area contributed by atoms with Crippen LogP contribution < -0.4 is 5.56 Å². The Morgan fingerprint density at radius 3 is 3.17 bits per heavy atom. The molecule has 1 saturated heterocycles. The third kappa shape index (κ3) is 1.23. The minimum Gasteiger partial charge on any atom is -0.394 e. The molecule has 0 radical (unpaired) electrons. The van der Waals surface area contributed by atoms with Crippen LogP contribution in [-0.4, -0.2) is 37.3 Å². The Bertz CT molecular complexity index is 664. The van der Waals surface area contributed by atoms with Crippen molar-refractivity contribution in [3.63, 3.8) is 0 Å². The maximum Gasteiger partial charge on any atom is 0.278 e. The number of hydrogen-bond donors (Lipinski definition) is 2. The molecular formula is C11H12N4O3. The fourth-order valence-corrected chi connectivity index (χ4v) is 2.87. The number of nitrogens with one attached hydrogen (secondary N) is 1. The van der Waals surface area contributed by atoms with Crippen LogP contribution in [0.15, 0.2) is 17.4 Å². The molecule has 3 heterocycles. The number of hydrogen-bond acceptors (Lipinski definition) is 5. The number of imidazole rings is 1. The van der Waals surface area contributed by atoms with Gasteiger partial charge in [0.05, 0.1) is 25.4 Å². The van der Waals surface area contributed by atoms with Gasteiger partial charge in [-0.2, -0.15) is 0 Å². The summed E-state index contributed by atoms with van der Waals surface area (Å²) in [5.74, 6) is 0.833. The number of fused-ring (bicyclic) bond motifs is 2. The predicted octanol–water partition coefficient (Wildman–Crippen LogP) is -0.355. The lowest BCUT2D eigenvalue weighted by Crippen LogP contribution is -2.19. The molecule has 2 aliphatic rings. The quantitative estimate of drug-likeness (QED) is 0.757. The van der Waals surface area contributed by atoms with E-state index >= 15 is 0 Å². The topological polar surface area (TPSA) is 93.0 Å². The largest absolute Gasteiger partial charge is 0.394 e. The summed E-state index contributed by atoms with van der Waals surface area (Å²) in [7, 11) is 0. The van der Waals surface area contributed by atoms with E-state index in [0.717, 1.165) is 6.42 Å². The zero-order chi connectivity index (χ0) is 12.3. The molecule has 2 aromatic heterocycles. The van der Waals surface area contributed by atoms with Crippen molar-refractivity contribution in [2.45, 2.75) is 18.8 Å². The van der Waals surface area contributed by atoms with E-state index in [-0.39, 0.29) is 24.5 Å². The van der Waals surface area contributed by atoms with E-state index in [1.54, 1.807) is 10.9 Å². The van der Waals surface area contributed by atoms with E-state index in [1.165, 1.54) is 6.33 Å². The molecule has 0 aromatic carbocycles. The molecule has 7 nitrogen and oxygen atoms in total. The second-order valence-electron chi connectivity index (χ2n) is 4.87. The first-order valence-electron chi connectivity index (χ1n) is 5.96. The molecule has 0 bridgehead atoms. The molecule has 0 spiro atoms. The highest BCUT2D eigenvalue weighted by molar-refractivity contribution is 5.68. The van der Waals surface area contributed by atoms with E-state index in [9.17, 15) is 9.90 Å². The van der Waals surface area contributed by atoms with Gasteiger partial charge in [-0.25, -0.2) is 9.97 Å². The maximum atomic E-state index is 11.6. The van der Waals surface area contributed by atoms with Crippen molar-refractivity contribution in [1.82, 2.24) is 19.5 Å². The van der Waals surface area contributed by atoms with Crippen molar-refractivity contribution in [1.29, 1.82) is 0 Å². The molecular weight excluding hydrogens is 236 g/mol. The van der Waals surface area contributed by atoms with Crippen molar-refractivity contribution in [2.75, 3.05) is 6.61 Å². The van der Waals surface area contributed by atoms with Crippen molar-refractivity contribution in [2.24, 2.45) is 11.8 Å². The summed E-state index contributed by atoms with van der Waals surface area (Å²) in [5, 5.41) is 9.22. The van der Waals surface area contributed by atoms with E-state index in [0.29, 0.717) is 23.0 Å². The first kappa shape index (κ1) is 10.2. The summed E-state index contributed by atoms with van der Waals surface area (Å²) >= 11 is 0. The Morgan fingerprint density at radius 1 is 1.50 bits per heavy atom. The predicted molar refractivity (Wildman–Crippen MR) is 60.7 cm³/mol. The Hall–Kier alpha value is -1.73. The number of aliphatic hydroxyl groups excluding tert-OH is 1. The maximum absolute atomic E-state index is 11.6. The Morgan fingerprint density at radius 2 is 2.39 bits per heavy atom. The number of aliphatic hydroxyl groups is 1. The van der Waals surface area contributed by atoms with Crippen LogP contribution >= 0.6 is 0 Å². The van der Waals surface area contributed by atoms with Crippen LogP contribution in [0, 0.1) is 11.8 Å². The van der Waals surface area contributed by atoms with Crippen molar-refractivity contribution < 1.29 is 9.84 Å². The van der Waals surface area contributed by atoms with Gasteiger partial charge in [-0.1, -0.05) is 0 Å². The molecule has 18 heavy (non-hydrogen) atoms. The van der Waals surface area contributed by atoms with Crippen molar-refractivity contribution in [3.8, 4) is 0 Å². The Labute approximate surface area is 101 Å². The lowest BCUT2D eigenvalue weighted by atomic mass is 10.2. The van der Waals surface area contributed by atoms with Crippen LogP contribution in [0.5, 0.6) is 0 Å². The number of aromatic amines is 1. The molecule has 94 valence electrons. The van der Waals surface area contributed by atoms with E-state index in [2.05, 4.69) is 15.0 Å². The molecule has 2 fully saturated rings. The van der Waals surface area contributed by atoms with Crippen LogP contribution in [-0.2, 0) is 4.74 Å². The lowest BCUT2D eigenvalue weighted by Gasteiger charge is -2.17. The van der Waals surface area contributed by atoms with Gasteiger partial charge in [0.25, 0.3) is 5.56 Å². The first-order chi connectivity index (χ1) is 8.79. The molecule has 4 rings (SSSR count). The highest BCUT2D eigenvalue weighted by atomic mass is 16.5. The van der Waals surface area contributed by atoms with E-state index in [1.807, 2.05) is 0 Å². The summed E-state index contributed by atoms with van der Waals surface area (Å²) in [6, 6.07) is 0. The third-order valence-corrected chi connectivity index (χ3v) is 3.87. The number of nitrogens with zero attached hydrogens (tertiary/aromatic N) is 3. The van der Waals surface area contributed by atoms with Gasteiger partial charge in [0.15, 0.2) is 11.2 Å². The fourth-order valence-electron chi connectivity index (χ4n) is 2.87. The molecule has 1 aliphatic heterocycles. The standard InChI is InChI=1S/C11H12N4O3/c16-2-7-5-1-6(5)11(18-7)15-4-14-8-9(15)12-3-13-10(8)17/h3-7,11,16H,1-2H2,(H,12,13,17)/t5-,6+,7-,11-/m1/s1. The van der Waals surface area contributed by atoms with Gasteiger partial charge >= 0.3 is 0 Å². The highest BCUT2D eigenvalue weighted by Gasteiger charge is 2.56. The van der Waals surface area contributed by atoms with Gasteiger partial charge in [0.1, 0.15) is 6.23 Å². The molecule has 1 saturated carbocycles. The van der Waals surface area contributed by atoms with Crippen LogP contribution in [0.2, 0.25) is 0 Å². The first-order valence-corrected chi connectivity index (χ1v) is 5.96. The van der Waals surface area contributed by atoms with Crippen LogP contribution in [0.4, 0.5) is 0 Å². The minimum absolute atomic E-state index is 0.0400. The molecule has 0 amide bonds. The van der Waals surface area contributed by atoms with Gasteiger partial charge in [0.2, 0.25) is 0 Å².